The molecule has 0 saturated heterocycles. The van der Waals surface area contributed by atoms with E-state index in [1.165, 1.54) is 11.3 Å². The van der Waals surface area contributed by atoms with Gasteiger partial charge in [-0.1, -0.05) is 0 Å². The molecule has 2 heterocycles. The van der Waals surface area contributed by atoms with Gasteiger partial charge in [0.15, 0.2) is 5.13 Å². The zero-order valence-electron chi connectivity index (χ0n) is 10.7. The van der Waals surface area contributed by atoms with Crippen LogP contribution in [0.15, 0.2) is 28.6 Å². The predicted molar refractivity (Wildman–Crippen MR) is 77.2 cm³/mol. The van der Waals surface area contributed by atoms with Crippen LogP contribution in [0, 0.1) is 11.6 Å². The molecule has 20 heavy (non-hydrogen) atoms. The summed E-state index contributed by atoms with van der Waals surface area (Å²) in [5, 5.41) is 5.51. The third kappa shape index (κ3) is 2.85. The second kappa shape index (κ2) is 5.66. The quantitative estimate of drug-likeness (QED) is 0.905. The molecule has 1 N–H and O–H groups in total. The number of halogens is 2. The van der Waals surface area contributed by atoms with Gasteiger partial charge in [-0.25, -0.2) is 13.8 Å². The van der Waals surface area contributed by atoms with Gasteiger partial charge in [-0.05, 0) is 31.0 Å². The van der Waals surface area contributed by atoms with E-state index in [0.717, 1.165) is 49.8 Å². The highest BCUT2D eigenvalue weighted by atomic mass is 32.1. The first kappa shape index (κ1) is 13.2. The molecular formula is C14H13F2N3S. The molecule has 0 amide bonds. The monoisotopic (exact) mass is 293 g/mol. The molecule has 0 fully saturated rings. The lowest BCUT2D eigenvalue weighted by Crippen LogP contribution is -2.15. The molecule has 1 aliphatic rings. The zero-order valence-corrected chi connectivity index (χ0v) is 11.5. The molecule has 0 saturated carbocycles. The standard InChI is InChI=1S/C14H13F2N3S/c15-9-4-5-11(16)10(7-9)12-8-20-14(18-12)19-13-3-1-2-6-17-13/h4-5,7-8H,1-3,6H2,(H,17,18,19). The molecule has 6 heteroatoms. The van der Waals surface area contributed by atoms with Gasteiger partial charge in [-0.2, -0.15) is 0 Å². The Balaban J connectivity index is 1.82. The molecule has 2 aromatic rings. The van der Waals surface area contributed by atoms with E-state index >= 15 is 0 Å². The molecule has 3 rings (SSSR count). The van der Waals surface area contributed by atoms with Gasteiger partial charge in [0, 0.05) is 23.9 Å². The van der Waals surface area contributed by atoms with E-state index in [1.807, 2.05) is 0 Å². The lowest BCUT2D eigenvalue weighted by molar-refractivity contribution is 0.603. The van der Waals surface area contributed by atoms with Crippen molar-refractivity contribution in [3.63, 3.8) is 0 Å². The first-order valence-electron chi connectivity index (χ1n) is 6.44. The normalized spacial score (nSPS) is 15.0. The second-order valence-corrected chi connectivity index (χ2v) is 5.43. The second-order valence-electron chi connectivity index (χ2n) is 4.57. The van der Waals surface area contributed by atoms with Crippen LogP contribution in [0.5, 0.6) is 0 Å². The highest BCUT2D eigenvalue weighted by Crippen LogP contribution is 2.28. The average Bonchev–Trinajstić information content (AvgIpc) is 2.91. The Morgan fingerprint density at radius 3 is 2.90 bits per heavy atom. The van der Waals surface area contributed by atoms with Crippen LogP contribution in [-0.2, 0) is 0 Å². The summed E-state index contributed by atoms with van der Waals surface area (Å²) in [5.74, 6) is -0.0318. The maximum absolute atomic E-state index is 13.7. The van der Waals surface area contributed by atoms with Crippen molar-refractivity contribution in [1.82, 2.24) is 4.98 Å². The Morgan fingerprint density at radius 1 is 1.20 bits per heavy atom. The first-order valence-corrected chi connectivity index (χ1v) is 7.31. The van der Waals surface area contributed by atoms with E-state index in [-0.39, 0.29) is 5.56 Å². The fourth-order valence-electron chi connectivity index (χ4n) is 2.07. The SMILES string of the molecule is Fc1ccc(F)c(-c2csc(NC3=NCCCC3)n2)c1. The number of anilines is 1. The summed E-state index contributed by atoms with van der Waals surface area (Å²) < 4.78 is 26.9. The molecular weight excluding hydrogens is 280 g/mol. The first-order chi connectivity index (χ1) is 9.72. The van der Waals surface area contributed by atoms with Gasteiger partial charge in [0.1, 0.15) is 17.5 Å². The fraction of sp³-hybridized carbons (Fsp3) is 0.286. The van der Waals surface area contributed by atoms with Crippen molar-refractivity contribution in [1.29, 1.82) is 0 Å². The van der Waals surface area contributed by atoms with E-state index in [4.69, 9.17) is 0 Å². The van der Waals surface area contributed by atoms with Crippen molar-refractivity contribution < 1.29 is 8.78 Å². The third-order valence-corrected chi connectivity index (χ3v) is 3.84. The topological polar surface area (TPSA) is 37.3 Å². The van der Waals surface area contributed by atoms with E-state index in [0.29, 0.717) is 10.8 Å². The summed E-state index contributed by atoms with van der Waals surface area (Å²) in [6.45, 7) is 0.832. The van der Waals surface area contributed by atoms with Crippen LogP contribution < -0.4 is 5.32 Å². The highest BCUT2D eigenvalue weighted by Gasteiger charge is 2.12. The molecule has 0 aliphatic carbocycles. The van der Waals surface area contributed by atoms with Crippen LogP contribution in [0.25, 0.3) is 11.3 Å². The summed E-state index contributed by atoms with van der Waals surface area (Å²) >= 11 is 1.36. The molecule has 1 aromatic carbocycles. The van der Waals surface area contributed by atoms with Gasteiger partial charge < -0.3 is 5.32 Å². The Morgan fingerprint density at radius 2 is 2.10 bits per heavy atom. The summed E-state index contributed by atoms with van der Waals surface area (Å²) in [6, 6.07) is 3.37. The van der Waals surface area contributed by atoms with Gasteiger partial charge in [-0.3, -0.25) is 4.99 Å². The lowest BCUT2D eigenvalue weighted by Gasteiger charge is -2.11. The molecule has 0 unspecified atom stereocenters. The molecule has 0 bridgehead atoms. The van der Waals surface area contributed by atoms with Crippen LogP contribution in [0.3, 0.4) is 0 Å². The van der Waals surface area contributed by atoms with E-state index in [9.17, 15) is 8.78 Å². The fourth-order valence-corrected chi connectivity index (χ4v) is 2.80. The smallest absolute Gasteiger partial charge is 0.188 e. The molecule has 1 aliphatic heterocycles. The molecule has 3 nitrogen and oxygen atoms in total. The highest BCUT2D eigenvalue weighted by molar-refractivity contribution is 7.14. The summed E-state index contributed by atoms with van der Waals surface area (Å²) in [4.78, 5) is 8.67. The number of aliphatic imine (C=N–C) groups is 1. The lowest BCUT2D eigenvalue weighted by atomic mass is 10.1. The van der Waals surface area contributed by atoms with E-state index in [1.54, 1.807) is 5.38 Å². The minimum atomic E-state index is -0.474. The maximum atomic E-state index is 13.7. The number of nitrogens with one attached hydrogen (secondary N) is 1. The Labute approximate surface area is 119 Å². The van der Waals surface area contributed by atoms with Gasteiger partial charge in [0.05, 0.1) is 5.69 Å². The minimum absolute atomic E-state index is 0.180. The number of aromatic nitrogens is 1. The zero-order chi connectivity index (χ0) is 13.9. The number of rotatable bonds is 2. The van der Waals surface area contributed by atoms with Crippen molar-refractivity contribution >= 4 is 22.3 Å². The van der Waals surface area contributed by atoms with Crippen molar-refractivity contribution in [2.75, 3.05) is 11.9 Å². The molecule has 0 spiro atoms. The molecule has 0 atom stereocenters. The number of nitrogens with zero attached hydrogens (tertiary/aromatic N) is 2. The summed E-state index contributed by atoms with van der Waals surface area (Å²) in [5.41, 5.74) is 0.616. The van der Waals surface area contributed by atoms with Gasteiger partial charge in [0.2, 0.25) is 0 Å². The molecule has 0 radical (unpaired) electrons. The minimum Gasteiger partial charge on any atom is -0.320 e. The Kier molecular flexibility index (Phi) is 3.73. The van der Waals surface area contributed by atoms with Crippen LogP contribution in [0.2, 0.25) is 0 Å². The van der Waals surface area contributed by atoms with Crippen molar-refractivity contribution in [3.8, 4) is 11.3 Å². The van der Waals surface area contributed by atoms with E-state index in [2.05, 4.69) is 15.3 Å². The van der Waals surface area contributed by atoms with Gasteiger partial charge >= 0.3 is 0 Å². The van der Waals surface area contributed by atoms with E-state index < -0.39 is 11.6 Å². The third-order valence-electron chi connectivity index (χ3n) is 3.08. The maximum Gasteiger partial charge on any atom is 0.188 e. The number of thiazole rings is 1. The van der Waals surface area contributed by atoms with Crippen LogP contribution in [0.4, 0.5) is 13.9 Å². The molecule has 104 valence electrons. The van der Waals surface area contributed by atoms with Gasteiger partial charge in [0.25, 0.3) is 0 Å². The van der Waals surface area contributed by atoms with Crippen LogP contribution >= 0.6 is 11.3 Å². The van der Waals surface area contributed by atoms with Gasteiger partial charge in [-0.15, -0.1) is 11.3 Å². The van der Waals surface area contributed by atoms with Crippen molar-refractivity contribution in [2.45, 2.75) is 19.3 Å². The van der Waals surface area contributed by atoms with Crippen molar-refractivity contribution in [2.24, 2.45) is 4.99 Å². The average molecular weight is 293 g/mol. The van der Waals surface area contributed by atoms with Crippen LogP contribution in [0.1, 0.15) is 19.3 Å². The van der Waals surface area contributed by atoms with Crippen LogP contribution in [-0.4, -0.2) is 17.4 Å². The number of benzene rings is 1. The largest absolute Gasteiger partial charge is 0.320 e. The number of hydrogen-bond donors (Lipinski definition) is 1. The van der Waals surface area contributed by atoms with Crippen molar-refractivity contribution in [3.05, 3.63) is 35.2 Å². The number of hydrogen-bond acceptors (Lipinski definition) is 4. The summed E-state index contributed by atoms with van der Waals surface area (Å²) in [7, 11) is 0. The predicted octanol–water partition coefficient (Wildman–Crippen LogP) is 4.08. The summed E-state index contributed by atoms with van der Waals surface area (Å²) in [6.07, 6.45) is 3.13. The molecule has 1 aromatic heterocycles. The Bertz CT molecular complexity index is 652. The number of amidine groups is 1. The Hall–Kier alpha value is -1.82.